The zero-order valence-corrected chi connectivity index (χ0v) is 17.1. The summed E-state index contributed by atoms with van der Waals surface area (Å²) in [5.41, 5.74) is 2.01. The molecule has 0 saturated heterocycles. The van der Waals surface area contributed by atoms with E-state index in [1.54, 1.807) is 24.5 Å². The molecule has 0 radical (unpaired) electrons. The van der Waals surface area contributed by atoms with Crippen molar-refractivity contribution in [2.45, 2.75) is 39.2 Å². The summed E-state index contributed by atoms with van der Waals surface area (Å²) in [5.74, 6) is 1.93. The molecule has 2 aromatic heterocycles. The number of H-pyrrole nitrogens is 1. The molecule has 27 heavy (non-hydrogen) atoms. The van der Waals surface area contributed by atoms with E-state index >= 15 is 0 Å². The van der Waals surface area contributed by atoms with Crippen LogP contribution < -0.4 is 15.6 Å². The second-order valence-electron chi connectivity index (χ2n) is 7.20. The SMILES string of the molecule is COc1ccc(N[C@H](C)c2nc3sc4c(c3c(=O)[nH]2)CC[C@@H](C)C4)cc1Cl. The van der Waals surface area contributed by atoms with Crippen LogP contribution in [0.1, 0.15) is 42.6 Å². The minimum atomic E-state index is -0.162. The van der Waals surface area contributed by atoms with Gasteiger partial charge in [-0.3, -0.25) is 4.79 Å². The standard InChI is InChI=1S/C20H22ClN3O2S/c1-10-4-6-13-16(8-10)27-20-17(13)19(25)23-18(24-20)11(2)22-12-5-7-15(26-3)14(21)9-12/h5,7,9-11,22H,4,6,8H2,1-3H3,(H,23,24,25)/t10-,11-/m1/s1. The van der Waals surface area contributed by atoms with Crippen LogP contribution in [0.2, 0.25) is 5.02 Å². The summed E-state index contributed by atoms with van der Waals surface area (Å²) in [4.78, 5) is 22.7. The highest BCUT2D eigenvalue weighted by Crippen LogP contribution is 2.36. The van der Waals surface area contributed by atoms with Gasteiger partial charge in [-0.1, -0.05) is 18.5 Å². The maximum absolute atomic E-state index is 12.8. The van der Waals surface area contributed by atoms with Crippen LogP contribution in [-0.2, 0) is 12.8 Å². The molecular formula is C20H22ClN3O2S. The Bertz CT molecular complexity index is 1060. The number of hydrogen-bond donors (Lipinski definition) is 2. The highest BCUT2D eigenvalue weighted by Gasteiger charge is 2.23. The second-order valence-corrected chi connectivity index (χ2v) is 8.69. The Kier molecular flexibility index (Phi) is 4.86. The number of halogens is 1. The van der Waals surface area contributed by atoms with Gasteiger partial charge in [0.15, 0.2) is 0 Å². The molecule has 1 aromatic carbocycles. The molecule has 142 valence electrons. The molecule has 0 fully saturated rings. The van der Waals surface area contributed by atoms with Gasteiger partial charge in [0.2, 0.25) is 0 Å². The van der Waals surface area contributed by atoms with Crippen LogP contribution >= 0.6 is 22.9 Å². The Morgan fingerprint density at radius 3 is 3.00 bits per heavy atom. The number of aromatic nitrogens is 2. The molecule has 7 heteroatoms. The molecule has 3 aromatic rings. The molecule has 4 rings (SSSR count). The van der Waals surface area contributed by atoms with Crippen molar-refractivity contribution in [2.24, 2.45) is 5.92 Å². The third kappa shape index (κ3) is 3.44. The van der Waals surface area contributed by atoms with Crippen molar-refractivity contribution in [1.82, 2.24) is 9.97 Å². The van der Waals surface area contributed by atoms with Crippen LogP contribution in [0.5, 0.6) is 5.75 Å². The van der Waals surface area contributed by atoms with E-state index in [0.717, 1.165) is 35.2 Å². The zero-order valence-electron chi connectivity index (χ0n) is 15.6. The number of nitrogens with zero attached hydrogens (tertiary/aromatic N) is 1. The topological polar surface area (TPSA) is 67.0 Å². The number of ether oxygens (including phenoxy) is 1. The highest BCUT2D eigenvalue weighted by atomic mass is 35.5. The molecule has 0 amide bonds. The number of benzene rings is 1. The van der Waals surface area contributed by atoms with Crippen molar-refractivity contribution in [1.29, 1.82) is 0 Å². The maximum Gasteiger partial charge on any atom is 0.259 e. The number of aromatic amines is 1. The van der Waals surface area contributed by atoms with Gasteiger partial charge < -0.3 is 15.0 Å². The fourth-order valence-electron chi connectivity index (χ4n) is 3.65. The fourth-order valence-corrected chi connectivity index (χ4v) is 5.29. The first-order valence-corrected chi connectivity index (χ1v) is 10.3. The van der Waals surface area contributed by atoms with Gasteiger partial charge in [0.05, 0.1) is 23.6 Å². The quantitative estimate of drug-likeness (QED) is 0.647. The summed E-state index contributed by atoms with van der Waals surface area (Å²) < 4.78 is 5.18. The first-order chi connectivity index (χ1) is 13.0. The lowest BCUT2D eigenvalue weighted by Crippen LogP contribution is -2.18. The number of anilines is 1. The number of methoxy groups -OCH3 is 1. The molecule has 0 bridgehead atoms. The predicted molar refractivity (Wildman–Crippen MR) is 111 cm³/mol. The number of nitrogens with one attached hydrogen (secondary N) is 2. The van der Waals surface area contributed by atoms with Crippen LogP contribution in [0.15, 0.2) is 23.0 Å². The lowest BCUT2D eigenvalue weighted by Gasteiger charge is -2.17. The molecule has 1 aliphatic carbocycles. The summed E-state index contributed by atoms with van der Waals surface area (Å²) in [5, 5.41) is 4.66. The summed E-state index contributed by atoms with van der Waals surface area (Å²) in [6.45, 7) is 4.24. The minimum Gasteiger partial charge on any atom is -0.495 e. The first kappa shape index (κ1) is 18.3. The Morgan fingerprint density at radius 2 is 2.26 bits per heavy atom. The summed E-state index contributed by atoms with van der Waals surface area (Å²) in [6, 6.07) is 5.34. The van der Waals surface area contributed by atoms with Crippen molar-refractivity contribution in [3.05, 3.63) is 49.8 Å². The Labute approximate surface area is 166 Å². The Balaban J connectivity index is 1.65. The monoisotopic (exact) mass is 403 g/mol. The average molecular weight is 404 g/mol. The molecule has 0 unspecified atom stereocenters. The van der Waals surface area contributed by atoms with E-state index in [4.69, 9.17) is 21.3 Å². The van der Waals surface area contributed by atoms with Crippen molar-refractivity contribution >= 4 is 38.8 Å². The van der Waals surface area contributed by atoms with Gasteiger partial charge in [-0.05, 0) is 55.9 Å². The van der Waals surface area contributed by atoms with E-state index in [2.05, 4.69) is 17.2 Å². The minimum absolute atomic E-state index is 0.0385. The normalized spacial score (nSPS) is 17.6. The van der Waals surface area contributed by atoms with Gasteiger partial charge in [0, 0.05) is 10.6 Å². The average Bonchev–Trinajstić information content (AvgIpc) is 2.99. The van der Waals surface area contributed by atoms with Crippen LogP contribution in [0.3, 0.4) is 0 Å². The number of aryl methyl sites for hydroxylation is 1. The molecule has 5 nitrogen and oxygen atoms in total. The smallest absolute Gasteiger partial charge is 0.259 e. The third-order valence-electron chi connectivity index (χ3n) is 5.13. The van der Waals surface area contributed by atoms with Gasteiger partial charge in [-0.25, -0.2) is 4.98 Å². The largest absolute Gasteiger partial charge is 0.495 e. The summed E-state index contributed by atoms with van der Waals surface area (Å²) in [7, 11) is 1.59. The van der Waals surface area contributed by atoms with Crippen molar-refractivity contribution < 1.29 is 4.74 Å². The summed E-state index contributed by atoms with van der Waals surface area (Å²) in [6.07, 6.45) is 3.15. The van der Waals surface area contributed by atoms with Crippen molar-refractivity contribution in [2.75, 3.05) is 12.4 Å². The van der Waals surface area contributed by atoms with Gasteiger partial charge >= 0.3 is 0 Å². The van der Waals surface area contributed by atoms with E-state index in [1.165, 1.54) is 10.4 Å². The van der Waals surface area contributed by atoms with Gasteiger partial charge in [-0.15, -0.1) is 11.3 Å². The number of rotatable bonds is 4. The highest BCUT2D eigenvalue weighted by molar-refractivity contribution is 7.18. The molecular weight excluding hydrogens is 382 g/mol. The van der Waals surface area contributed by atoms with Crippen molar-refractivity contribution in [3.8, 4) is 5.75 Å². The first-order valence-electron chi connectivity index (χ1n) is 9.10. The third-order valence-corrected chi connectivity index (χ3v) is 6.57. The Hall–Kier alpha value is -2.05. The van der Waals surface area contributed by atoms with E-state index in [0.29, 0.717) is 22.5 Å². The lowest BCUT2D eigenvalue weighted by atomic mass is 9.89. The molecule has 0 saturated carbocycles. The van der Waals surface area contributed by atoms with E-state index in [9.17, 15) is 4.79 Å². The number of hydrogen-bond acceptors (Lipinski definition) is 5. The zero-order chi connectivity index (χ0) is 19.1. The van der Waals surface area contributed by atoms with E-state index in [-0.39, 0.29) is 11.6 Å². The second kappa shape index (κ2) is 7.17. The van der Waals surface area contributed by atoms with Gasteiger partial charge in [-0.2, -0.15) is 0 Å². The predicted octanol–water partition coefficient (Wildman–Crippen LogP) is 4.94. The lowest BCUT2D eigenvalue weighted by molar-refractivity contribution is 0.415. The molecule has 2 N–H and O–H groups in total. The Morgan fingerprint density at radius 1 is 1.44 bits per heavy atom. The van der Waals surface area contributed by atoms with Crippen LogP contribution in [-0.4, -0.2) is 17.1 Å². The molecule has 0 aliphatic heterocycles. The van der Waals surface area contributed by atoms with Crippen LogP contribution in [0.25, 0.3) is 10.2 Å². The van der Waals surface area contributed by atoms with Crippen molar-refractivity contribution in [3.63, 3.8) is 0 Å². The molecule has 1 aliphatic rings. The van der Waals surface area contributed by atoms with Gasteiger partial charge in [0.25, 0.3) is 5.56 Å². The summed E-state index contributed by atoms with van der Waals surface area (Å²) >= 11 is 7.86. The van der Waals surface area contributed by atoms with Crippen LogP contribution in [0.4, 0.5) is 5.69 Å². The molecule has 2 atom stereocenters. The molecule has 2 heterocycles. The maximum atomic E-state index is 12.8. The van der Waals surface area contributed by atoms with E-state index in [1.807, 2.05) is 19.1 Å². The number of thiophene rings is 1. The number of fused-ring (bicyclic) bond motifs is 3. The molecule has 0 spiro atoms. The van der Waals surface area contributed by atoms with Gasteiger partial charge in [0.1, 0.15) is 16.4 Å². The van der Waals surface area contributed by atoms with E-state index < -0.39 is 0 Å². The fraction of sp³-hybridized carbons (Fsp3) is 0.400. The van der Waals surface area contributed by atoms with Crippen LogP contribution in [0, 0.1) is 5.92 Å².